The van der Waals surface area contributed by atoms with Crippen molar-refractivity contribution in [1.82, 2.24) is 0 Å². The third-order valence-corrected chi connectivity index (χ3v) is 3.02. The van der Waals surface area contributed by atoms with E-state index >= 15 is 0 Å². The van der Waals surface area contributed by atoms with E-state index < -0.39 is 5.82 Å². The van der Waals surface area contributed by atoms with Crippen molar-refractivity contribution < 1.29 is 9.18 Å². The molecule has 76 valence electrons. The third kappa shape index (κ3) is 2.69. The highest BCUT2D eigenvalue weighted by Crippen LogP contribution is 2.26. The molecular weight excluding hydrogens is 294 g/mol. The normalized spacial score (nSPS) is 10.3. The Hall–Kier alpha value is -0.120. The zero-order valence-corrected chi connectivity index (χ0v) is 10.1. The van der Waals surface area contributed by atoms with Crippen molar-refractivity contribution >= 4 is 44.9 Å². The van der Waals surface area contributed by atoms with E-state index in [1.807, 2.05) is 0 Å². The molecule has 1 aromatic carbocycles. The van der Waals surface area contributed by atoms with E-state index in [4.69, 9.17) is 23.2 Å². The molecule has 0 aliphatic carbocycles. The van der Waals surface area contributed by atoms with Gasteiger partial charge in [-0.3, -0.25) is 4.79 Å². The summed E-state index contributed by atoms with van der Waals surface area (Å²) in [5.74, 6) is -0.755. The average Bonchev–Trinajstić information content (AvgIpc) is 2.11. The lowest BCUT2D eigenvalue weighted by Crippen LogP contribution is -2.03. The van der Waals surface area contributed by atoms with Gasteiger partial charge in [0, 0.05) is 16.8 Å². The highest BCUT2D eigenvalue weighted by Gasteiger charge is 2.13. The predicted octanol–water partition coefficient (Wildman–Crippen LogP) is 4.05. The van der Waals surface area contributed by atoms with Crippen molar-refractivity contribution in [2.75, 3.05) is 5.88 Å². The van der Waals surface area contributed by atoms with Crippen LogP contribution in [0, 0.1) is 5.82 Å². The predicted molar refractivity (Wildman–Crippen MR) is 58.8 cm³/mol. The zero-order valence-electron chi connectivity index (χ0n) is 6.99. The van der Waals surface area contributed by atoms with Crippen molar-refractivity contribution in [2.24, 2.45) is 0 Å². The molecule has 5 heteroatoms. The number of carbonyl (C=O) groups excluding carboxylic acids is 1. The molecule has 0 bridgehead atoms. The van der Waals surface area contributed by atoms with E-state index in [1.54, 1.807) is 0 Å². The summed E-state index contributed by atoms with van der Waals surface area (Å²) in [6, 6.07) is 2.47. The Balaban J connectivity index is 3.09. The summed E-state index contributed by atoms with van der Waals surface area (Å²) < 4.78 is 13.7. The number of rotatable bonds is 3. The van der Waals surface area contributed by atoms with E-state index in [0.717, 1.165) is 0 Å². The largest absolute Gasteiger partial charge is 0.294 e. The second-order valence-corrected chi connectivity index (χ2v) is 4.25. The van der Waals surface area contributed by atoms with Crippen LogP contribution in [0.3, 0.4) is 0 Å². The molecule has 1 nitrogen and oxygen atoms in total. The van der Waals surface area contributed by atoms with Gasteiger partial charge in [0.15, 0.2) is 5.78 Å². The van der Waals surface area contributed by atoms with Gasteiger partial charge < -0.3 is 0 Å². The molecule has 0 atom stereocenters. The monoisotopic (exact) mass is 298 g/mol. The fraction of sp³-hybridized carbons (Fsp3) is 0.222. The second-order valence-electron chi connectivity index (χ2n) is 2.61. The molecule has 0 N–H and O–H groups in total. The number of hydrogen-bond acceptors (Lipinski definition) is 1. The van der Waals surface area contributed by atoms with Crippen LogP contribution in [-0.4, -0.2) is 11.7 Å². The molecule has 0 amide bonds. The van der Waals surface area contributed by atoms with E-state index in [9.17, 15) is 9.18 Å². The molecule has 14 heavy (non-hydrogen) atoms. The van der Waals surface area contributed by atoms with Gasteiger partial charge in [-0.1, -0.05) is 11.6 Å². The summed E-state index contributed by atoms with van der Waals surface area (Å²) in [5.41, 5.74) is -0.0150. The molecule has 0 aliphatic heterocycles. The van der Waals surface area contributed by atoms with Crippen molar-refractivity contribution in [3.05, 3.63) is 33.0 Å². The van der Waals surface area contributed by atoms with Gasteiger partial charge in [-0.05, 0) is 28.1 Å². The standard InChI is InChI=1S/C9H6BrCl2FO/c10-6-4-8(13)5(3-7(6)12)9(14)1-2-11/h3-4H,1-2H2. The van der Waals surface area contributed by atoms with Gasteiger partial charge in [0.1, 0.15) is 5.82 Å². The number of halogens is 4. The van der Waals surface area contributed by atoms with Crippen LogP contribution >= 0.6 is 39.1 Å². The van der Waals surface area contributed by atoms with Crippen LogP contribution in [0.25, 0.3) is 0 Å². The zero-order chi connectivity index (χ0) is 10.7. The van der Waals surface area contributed by atoms with Gasteiger partial charge in [0.05, 0.1) is 10.6 Å². The first kappa shape index (κ1) is 12.0. The van der Waals surface area contributed by atoms with Crippen LogP contribution < -0.4 is 0 Å². The molecule has 0 fully saturated rings. The average molecular weight is 300 g/mol. The highest BCUT2D eigenvalue weighted by molar-refractivity contribution is 9.10. The number of alkyl halides is 1. The van der Waals surface area contributed by atoms with Crippen molar-refractivity contribution in [3.8, 4) is 0 Å². The van der Waals surface area contributed by atoms with Gasteiger partial charge in [0.2, 0.25) is 0 Å². The van der Waals surface area contributed by atoms with E-state index in [0.29, 0.717) is 9.50 Å². The highest BCUT2D eigenvalue weighted by atomic mass is 79.9. The lowest BCUT2D eigenvalue weighted by molar-refractivity contribution is 0.0985. The molecule has 1 aromatic rings. The molecule has 0 radical (unpaired) electrons. The van der Waals surface area contributed by atoms with Crippen molar-refractivity contribution in [1.29, 1.82) is 0 Å². The maximum atomic E-state index is 13.3. The van der Waals surface area contributed by atoms with Gasteiger partial charge in [-0.15, -0.1) is 11.6 Å². The SMILES string of the molecule is O=C(CCCl)c1cc(Cl)c(Br)cc1F. The molecule has 0 aromatic heterocycles. The summed E-state index contributed by atoms with van der Waals surface area (Å²) >= 11 is 14.2. The lowest BCUT2D eigenvalue weighted by Gasteiger charge is -2.03. The Morgan fingerprint density at radius 3 is 2.71 bits per heavy atom. The molecular formula is C9H6BrCl2FO. The van der Waals surface area contributed by atoms with Crippen LogP contribution in [0.15, 0.2) is 16.6 Å². The summed E-state index contributed by atoms with van der Waals surface area (Å²) in [4.78, 5) is 11.3. The first-order valence-electron chi connectivity index (χ1n) is 3.80. The second kappa shape index (κ2) is 5.10. The van der Waals surface area contributed by atoms with E-state index in [2.05, 4.69) is 15.9 Å². The molecule has 0 unspecified atom stereocenters. The molecule has 1 rings (SSSR count). The number of Topliss-reactive ketones (excluding diaryl/α,β-unsaturated/α-hetero) is 1. The van der Waals surface area contributed by atoms with Crippen LogP contribution in [-0.2, 0) is 0 Å². The Morgan fingerprint density at radius 1 is 1.50 bits per heavy atom. The van der Waals surface area contributed by atoms with Gasteiger partial charge in [-0.25, -0.2) is 4.39 Å². The molecule has 0 aliphatic rings. The Bertz CT molecular complexity index is 368. The Morgan fingerprint density at radius 2 is 2.14 bits per heavy atom. The van der Waals surface area contributed by atoms with Crippen LogP contribution in [0.1, 0.15) is 16.8 Å². The number of benzene rings is 1. The maximum absolute atomic E-state index is 13.3. The van der Waals surface area contributed by atoms with Gasteiger partial charge >= 0.3 is 0 Å². The molecule has 0 heterocycles. The lowest BCUT2D eigenvalue weighted by atomic mass is 10.1. The minimum atomic E-state index is -0.587. The fourth-order valence-electron chi connectivity index (χ4n) is 0.957. The smallest absolute Gasteiger partial charge is 0.167 e. The van der Waals surface area contributed by atoms with E-state index in [1.165, 1.54) is 12.1 Å². The van der Waals surface area contributed by atoms with Crippen LogP contribution in [0.5, 0.6) is 0 Å². The quantitative estimate of drug-likeness (QED) is 0.467. The third-order valence-electron chi connectivity index (χ3n) is 1.63. The first-order valence-corrected chi connectivity index (χ1v) is 5.50. The summed E-state index contributed by atoms with van der Waals surface area (Å²) in [7, 11) is 0. The summed E-state index contributed by atoms with van der Waals surface area (Å²) in [5, 5.41) is 0.310. The number of hydrogen-bond donors (Lipinski definition) is 0. The van der Waals surface area contributed by atoms with E-state index in [-0.39, 0.29) is 23.6 Å². The minimum Gasteiger partial charge on any atom is -0.294 e. The first-order chi connectivity index (χ1) is 6.56. The van der Waals surface area contributed by atoms with Crippen LogP contribution in [0.2, 0.25) is 5.02 Å². The topological polar surface area (TPSA) is 17.1 Å². The summed E-state index contributed by atoms with van der Waals surface area (Å²) in [6.07, 6.45) is 0.108. The minimum absolute atomic E-state index is 0.0150. The van der Waals surface area contributed by atoms with Gasteiger partial charge in [0.25, 0.3) is 0 Å². The fourth-order valence-corrected chi connectivity index (χ4v) is 1.61. The summed E-state index contributed by atoms with van der Waals surface area (Å²) in [6.45, 7) is 0. The maximum Gasteiger partial charge on any atom is 0.167 e. The van der Waals surface area contributed by atoms with Crippen molar-refractivity contribution in [3.63, 3.8) is 0 Å². The van der Waals surface area contributed by atoms with Crippen LogP contribution in [0.4, 0.5) is 4.39 Å². The molecule has 0 saturated carbocycles. The number of carbonyl (C=O) groups is 1. The molecule has 0 saturated heterocycles. The Kier molecular flexibility index (Phi) is 4.35. The molecule has 0 spiro atoms. The van der Waals surface area contributed by atoms with Gasteiger partial charge in [-0.2, -0.15) is 0 Å². The van der Waals surface area contributed by atoms with Crippen molar-refractivity contribution in [2.45, 2.75) is 6.42 Å². The number of ketones is 1. The Labute approximate surface area is 99.3 Å².